The van der Waals surface area contributed by atoms with E-state index >= 15 is 0 Å². The quantitative estimate of drug-likeness (QED) is 0.436. The molecular formula is C22H20BrClFNO2. The lowest BCUT2D eigenvalue weighted by Gasteiger charge is -2.14. The van der Waals surface area contributed by atoms with Crippen molar-refractivity contribution < 1.29 is 13.9 Å². The van der Waals surface area contributed by atoms with Crippen molar-refractivity contribution in [3.8, 4) is 11.5 Å². The van der Waals surface area contributed by atoms with E-state index in [0.29, 0.717) is 29.4 Å². The SMILES string of the molecule is COc1ccc(CNCc2cc(Br)ccc2OCc2c(F)cccc2Cl)cc1. The van der Waals surface area contributed by atoms with E-state index in [9.17, 15) is 4.39 Å². The molecule has 0 aliphatic carbocycles. The van der Waals surface area contributed by atoms with Crippen LogP contribution in [-0.2, 0) is 19.7 Å². The molecule has 6 heteroatoms. The lowest BCUT2D eigenvalue weighted by atomic mass is 10.1. The van der Waals surface area contributed by atoms with Gasteiger partial charge in [0.15, 0.2) is 0 Å². The average molecular weight is 465 g/mol. The van der Waals surface area contributed by atoms with Crippen LogP contribution in [0.5, 0.6) is 11.5 Å². The summed E-state index contributed by atoms with van der Waals surface area (Å²) in [5, 5.41) is 3.76. The van der Waals surface area contributed by atoms with E-state index in [2.05, 4.69) is 21.2 Å². The molecular weight excluding hydrogens is 445 g/mol. The molecule has 0 unspecified atom stereocenters. The van der Waals surface area contributed by atoms with Crippen molar-refractivity contribution in [2.75, 3.05) is 7.11 Å². The first-order valence-electron chi connectivity index (χ1n) is 8.74. The molecule has 3 aromatic rings. The molecule has 0 atom stereocenters. The van der Waals surface area contributed by atoms with Crippen LogP contribution in [0.1, 0.15) is 16.7 Å². The predicted molar refractivity (Wildman–Crippen MR) is 113 cm³/mol. The summed E-state index contributed by atoms with van der Waals surface area (Å²) in [6.45, 7) is 1.37. The third-order valence-electron chi connectivity index (χ3n) is 4.26. The zero-order valence-corrected chi connectivity index (χ0v) is 17.7. The second-order valence-electron chi connectivity index (χ2n) is 6.19. The largest absolute Gasteiger partial charge is 0.497 e. The molecule has 0 spiro atoms. The number of hydrogen-bond acceptors (Lipinski definition) is 3. The monoisotopic (exact) mass is 463 g/mol. The van der Waals surface area contributed by atoms with Crippen LogP contribution in [0.2, 0.25) is 5.02 Å². The van der Waals surface area contributed by atoms with Gasteiger partial charge in [0.1, 0.15) is 23.9 Å². The molecule has 1 N–H and O–H groups in total. The molecule has 0 amide bonds. The molecule has 0 saturated carbocycles. The van der Waals surface area contributed by atoms with Crippen LogP contribution in [0.25, 0.3) is 0 Å². The number of rotatable bonds is 8. The summed E-state index contributed by atoms with van der Waals surface area (Å²) in [5.41, 5.74) is 2.47. The lowest BCUT2D eigenvalue weighted by molar-refractivity contribution is 0.296. The normalized spacial score (nSPS) is 10.7. The minimum atomic E-state index is -0.371. The van der Waals surface area contributed by atoms with E-state index in [1.54, 1.807) is 19.2 Å². The Bertz CT molecular complexity index is 914. The smallest absolute Gasteiger partial charge is 0.131 e. The van der Waals surface area contributed by atoms with Crippen LogP contribution in [0.15, 0.2) is 65.1 Å². The van der Waals surface area contributed by atoms with E-state index in [4.69, 9.17) is 21.1 Å². The van der Waals surface area contributed by atoms with Crippen LogP contribution in [0.4, 0.5) is 4.39 Å². The molecule has 0 saturated heterocycles. The molecule has 28 heavy (non-hydrogen) atoms. The maximum Gasteiger partial charge on any atom is 0.131 e. The number of nitrogens with one attached hydrogen (secondary N) is 1. The summed E-state index contributed by atoms with van der Waals surface area (Å²) >= 11 is 9.57. The fraction of sp³-hybridized carbons (Fsp3) is 0.182. The highest BCUT2D eigenvalue weighted by Crippen LogP contribution is 2.26. The number of benzene rings is 3. The van der Waals surface area contributed by atoms with Gasteiger partial charge in [-0.1, -0.05) is 45.7 Å². The average Bonchev–Trinajstić information content (AvgIpc) is 2.69. The molecule has 0 fully saturated rings. The van der Waals surface area contributed by atoms with Gasteiger partial charge in [0, 0.05) is 28.7 Å². The summed E-state index contributed by atoms with van der Waals surface area (Å²) in [4.78, 5) is 0. The molecule has 146 valence electrons. The third-order valence-corrected chi connectivity index (χ3v) is 5.11. The molecule has 0 aliphatic rings. The number of halogens is 3. The van der Waals surface area contributed by atoms with E-state index < -0.39 is 0 Å². The van der Waals surface area contributed by atoms with Crippen molar-refractivity contribution >= 4 is 27.5 Å². The Balaban J connectivity index is 1.65. The van der Waals surface area contributed by atoms with Crippen LogP contribution >= 0.6 is 27.5 Å². The first kappa shape index (κ1) is 20.6. The molecule has 3 aromatic carbocycles. The number of hydrogen-bond donors (Lipinski definition) is 1. The van der Waals surface area contributed by atoms with Crippen molar-refractivity contribution in [2.45, 2.75) is 19.7 Å². The van der Waals surface area contributed by atoms with Gasteiger partial charge in [0.05, 0.1) is 12.1 Å². The fourth-order valence-electron chi connectivity index (χ4n) is 2.73. The Morgan fingerprint density at radius 2 is 1.82 bits per heavy atom. The minimum Gasteiger partial charge on any atom is -0.497 e. The van der Waals surface area contributed by atoms with Gasteiger partial charge < -0.3 is 14.8 Å². The Morgan fingerprint density at radius 3 is 2.54 bits per heavy atom. The summed E-state index contributed by atoms with van der Waals surface area (Å²) < 4.78 is 26.0. The Labute approximate surface area is 177 Å². The summed E-state index contributed by atoms with van der Waals surface area (Å²) in [6.07, 6.45) is 0. The van der Waals surface area contributed by atoms with Gasteiger partial charge in [-0.05, 0) is 48.0 Å². The highest BCUT2D eigenvalue weighted by molar-refractivity contribution is 9.10. The second kappa shape index (κ2) is 9.92. The summed E-state index contributed by atoms with van der Waals surface area (Å²) in [6, 6.07) is 18.3. The van der Waals surface area contributed by atoms with Crippen molar-refractivity contribution in [1.82, 2.24) is 5.32 Å². The lowest BCUT2D eigenvalue weighted by Crippen LogP contribution is -2.14. The van der Waals surface area contributed by atoms with Crippen LogP contribution in [0, 0.1) is 5.82 Å². The van der Waals surface area contributed by atoms with Gasteiger partial charge in [-0.25, -0.2) is 4.39 Å². The van der Waals surface area contributed by atoms with Crippen LogP contribution < -0.4 is 14.8 Å². The predicted octanol–water partition coefficient (Wildman–Crippen LogP) is 6.12. The van der Waals surface area contributed by atoms with Crippen molar-refractivity contribution in [3.05, 3.63) is 92.7 Å². The number of methoxy groups -OCH3 is 1. The van der Waals surface area contributed by atoms with E-state index in [0.717, 1.165) is 21.3 Å². The summed E-state index contributed by atoms with van der Waals surface area (Å²) in [7, 11) is 1.65. The topological polar surface area (TPSA) is 30.5 Å². The Kier molecular flexibility index (Phi) is 7.31. The summed E-state index contributed by atoms with van der Waals surface area (Å²) in [5.74, 6) is 1.15. The first-order valence-corrected chi connectivity index (χ1v) is 9.91. The third kappa shape index (κ3) is 5.47. The van der Waals surface area contributed by atoms with Crippen molar-refractivity contribution in [1.29, 1.82) is 0 Å². The molecule has 0 radical (unpaired) electrons. The van der Waals surface area contributed by atoms with Crippen molar-refractivity contribution in [2.24, 2.45) is 0 Å². The van der Waals surface area contributed by atoms with Gasteiger partial charge in [0.2, 0.25) is 0 Å². The highest BCUT2D eigenvalue weighted by atomic mass is 79.9. The highest BCUT2D eigenvalue weighted by Gasteiger charge is 2.10. The van der Waals surface area contributed by atoms with Crippen LogP contribution in [0.3, 0.4) is 0 Å². The van der Waals surface area contributed by atoms with Gasteiger partial charge in [-0.3, -0.25) is 0 Å². The molecule has 3 rings (SSSR count). The van der Waals surface area contributed by atoms with Gasteiger partial charge in [-0.2, -0.15) is 0 Å². The van der Waals surface area contributed by atoms with Crippen molar-refractivity contribution in [3.63, 3.8) is 0 Å². The van der Waals surface area contributed by atoms with Gasteiger partial charge >= 0.3 is 0 Å². The van der Waals surface area contributed by atoms with E-state index in [1.807, 2.05) is 42.5 Å². The molecule has 0 aromatic heterocycles. The second-order valence-corrected chi connectivity index (χ2v) is 7.52. The Morgan fingerprint density at radius 1 is 1.04 bits per heavy atom. The standard InChI is InChI=1S/C22H20BrClFNO2/c1-27-18-8-5-15(6-9-18)12-26-13-16-11-17(23)7-10-22(16)28-14-19-20(24)3-2-4-21(19)25/h2-11,26H,12-14H2,1H3. The van der Waals surface area contributed by atoms with E-state index in [-0.39, 0.29) is 12.4 Å². The molecule has 0 bridgehead atoms. The maximum absolute atomic E-state index is 14.0. The molecule has 3 nitrogen and oxygen atoms in total. The van der Waals surface area contributed by atoms with Crippen LogP contribution in [-0.4, -0.2) is 7.11 Å². The zero-order chi connectivity index (χ0) is 19.9. The molecule has 0 aliphatic heterocycles. The van der Waals surface area contributed by atoms with Gasteiger partial charge in [0.25, 0.3) is 0 Å². The first-order chi connectivity index (χ1) is 13.6. The maximum atomic E-state index is 14.0. The minimum absolute atomic E-state index is 0.0681. The zero-order valence-electron chi connectivity index (χ0n) is 15.3. The Hall–Kier alpha value is -2.08. The molecule has 0 heterocycles. The van der Waals surface area contributed by atoms with E-state index in [1.165, 1.54) is 6.07 Å². The fourth-order valence-corrected chi connectivity index (χ4v) is 3.36. The van der Waals surface area contributed by atoms with Gasteiger partial charge in [-0.15, -0.1) is 0 Å². The number of ether oxygens (including phenoxy) is 2.